The Hall–Kier alpha value is -2.20. The fourth-order valence-corrected chi connectivity index (χ4v) is 1.88. The van der Waals surface area contributed by atoms with Gasteiger partial charge >= 0.3 is 0 Å². The Morgan fingerprint density at radius 1 is 1.14 bits per heavy atom. The molecule has 110 valence electrons. The molecule has 0 unspecified atom stereocenters. The van der Waals surface area contributed by atoms with Crippen LogP contribution in [0.2, 0.25) is 5.02 Å². The number of halogens is 1. The van der Waals surface area contributed by atoms with E-state index < -0.39 is 6.10 Å². The summed E-state index contributed by atoms with van der Waals surface area (Å²) in [6.07, 6.45) is -0.643. The minimum absolute atomic E-state index is 0.255. The second kappa shape index (κ2) is 6.99. The van der Waals surface area contributed by atoms with Gasteiger partial charge in [-0.3, -0.25) is 4.79 Å². The van der Waals surface area contributed by atoms with Crippen molar-refractivity contribution in [3.63, 3.8) is 0 Å². The first-order valence-electron chi connectivity index (χ1n) is 6.46. The quantitative estimate of drug-likeness (QED) is 0.915. The molecule has 0 radical (unpaired) electrons. The third kappa shape index (κ3) is 4.13. The van der Waals surface area contributed by atoms with Gasteiger partial charge in [0.1, 0.15) is 11.5 Å². The van der Waals surface area contributed by atoms with Crippen LogP contribution in [0.25, 0.3) is 0 Å². The molecule has 0 aliphatic rings. The van der Waals surface area contributed by atoms with Crippen LogP contribution in [-0.2, 0) is 4.79 Å². The van der Waals surface area contributed by atoms with Gasteiger partial charge in [0.2, 0.25) is 0 Å². The van der Waals surface area contributed by atoms with Crippen molar-refractivity contribution >= 4 is 23.2 Å². The molecule has 1 N–H and O–H groups in total. The Morgan fingerprint density at radius 3 is 2.48 bits per heavy atom. The van der Waals surface area contributed by atoms with E-state index in [4.69, 9.17) is 21.1 Å². The van der Waals surface area contributed by atoms with E-state index in [9.17, 15) is 4.79 Å². The van der Waals surface area contributed by atoms with Crippen molar-refractivity contribution in [3.05, 3.63) is 53.6 Å². The van der Waals surface area contributed by atoms with Crippen LogP contribution in [0.5, 0.6) is 11.5 Å². The molecule has 0 spiro atoms. The zero-order chi connectivity index (χ0) is 15.2. The molecule has 2 rings (SSSR count). The summed E-state index contributed by atoms with van der Waals surface area (Å²) < 4.78 is 10.8. The minimum atomic E-state index is -0.643. The monoisotopic (exact) mass is 305 g/mol. The molecule has 0 heterocycles. The van der Waals surface area contributed by atoms with Crippen molar-refractivity contribution in [1.29, 1.82) is 0 Å². The highest BCUT2D eigenvalue weighted by atomic mass is 35.5. The van der Waals surface area contributed by atoms with Crippen LogP contribution >= 0.6 is 11.6 Å². The van der Waals surface area contributed by atoms with E-state index in [1.807, 2.05) is 12.1 Å². The van der Waals surface area contributed by atoms with Gasteiger partial charge in [-0.15, -0.1) is 0 Å². The van der Waals surface area contributed by atoms with Crippen LogP contribution in [0.15, 0.2) is 48.5 Å². The molecular weight excluding hydrogens is 290 g/mol. The molecule has 21 heavy (non-hydrogen) atoms. The Kier molecular flexibility index (Phi) is 5.06. The molecule has 4 nitrogen and oxygen atoms in total. The molecule has 2 aromatic carbocycles. The maximum atomic E-state index is 12.1. The summed E-state index contributed by atoms with van der Waals surface area (Å²) in [6.45, 7) is 1.68. The molecule has 0 aliphatic heterocycles. The molecule has 0 fully saturated rings. The maximum Gasteiger partial charge on any atom is 0.265 e. The van der Waals surface area contributed by atoms with Crippen LogP contribution < -0.4 is 14.8 Å². The highest BCUT2D eigenvalue weighted by molar-refractivity contribution is 6.30. The standard InChI is InChI=1S/C16H16ClNO3/c1-11(21-13-9-7-12(17)8-10-13)16(19)18-14-5-3-4-6-15(14)20-2/h3-11H,1-2H3,(H,18,19)/t11-/m1/s1. The number of carbonyl (C=O) groups excluding carboxylic acids is 1. The topological polar surface area (TPSA) is 47.6 Å². The normalized spacial score (nSPS) is 11.6. The van der Waals surface area contributed by atoms with E-state index in [2.05, 4.69) is 5.32 Å². The van der Waals surface area contributed by atoms with Crippen molar-refractivity contribution in [2.24, 2.45) is 0 Å². The number of ether oxygens (including phenoxy) is 2. The number of hydrogen-bond acceptors (Lipinski definition) is 3. The number of anilines is 1. The number of methoxy groups -OCH3 is 1. The molecule has 0 aromatic heterocycles. The molecule has 0 saturated heterocycles. The second-order valence-electron chi connectivity index (χ2n) is 4.40. The van der Waals surface area contributed by atoms with Gasteiger partial charge in [0.25, 0.3) is 5.91 Å². The molecule has 5 heteroatoms. The first-order chi connectivity index (χ1) is 10.1. The average molecular weight is 306 g/mol. The molecule has 0 saturated carbocycles. The van der Waals surface area contributed by atoms with Gasteiger partial charge in [-0.05, 0) is 43.3 Å². The first kappa shape index (κ1) is 15.2. The lowest BCUT2D eigenvalue weighted by Crippen LogP contribution is -2.30. The van der Waals surface area contributed by atoms with Gasteiger partial charge in [-0.25, -0.2) is 0 Å². The number of benzene rings is 2. The second-order valence-corrected chi connectivity index (χ2v) is 4.84. The minimum Gasteiger partial charge on any atom is -0.495 e. The molecule has 2 aromatic rings. The summed E-state index contributed by atoms with van der Waals surface area (Å²) in [6, 6.07) is 14.1. The van der Waals surface area contributed by atoms with E-state index in [1.165, 1.54) is 0 Å². The van der Waals surface area contributed by atoms with Crippen molar-refractivity contribution in [2.45, 2.75) is 13.0 Å². The molecule has 0 bridgehead atoms. The number of hydrogen-bond donors (Lipinski definition) is 1. The van der Waals surface area contributed by atoms with Crippen LogP contribution in [0.3, 0.4) is 0 Å². The number of para-hydroxylation sites is 2. The summed E-state index contributed by atoms with van der Waals surface area (Å²) in [5.41, 5.74) is 0.608. The van der Waals surface area contributed by atoms with Crippen LogP contribution in [-0.4, -0.2) is 19.1 Å². The van der Waals surface area contributed by atoms with E-state index in [-0.39, 0.29) is 5.91 Å². The summed E-state index contributed by atoms with van der Waals surface area (Å²) in [5.74, 6) is 0.932. The van der Waals surface area contributed by atoms with E-state index in [0.29, 0.717) is 22.2 Å². The van der Waals surface area contributed by atoms with Crippen LogP contribution in [0.1, 0.15) is 6.92 Å². The number of nitrogens with one attached hydrogen (secondary N) is 1. The van der Waals surface area contributed by atoms with Gasteiger partial charge in [0.15, 0.2) is 6.10 Å². The van der Waals surface area contributed by atoms with Crippen molar-refractivity contribution < 1.29 is 14.3 Å². The Balaban J connectivity index is 2.01. The number of rotatable bonds is 5. The largest absolute Gasteiger partial charge is 0.495 e. The van der Waals surface area contributed by atoms with Crippen LogP contribution in [0.4, 0.5) is 5.69 Å². The SMILES string of the molecule is COc1ccccc1NC(=O)[C@@H](C)Oc1ccc(Cl)cc1. The van der Waals surface area contributed by atoms with Gasteiger partial charge in [0, 0.05) is 5.02 Å². The predicted octanol–water partition coefficient (Wildman–Crippen LogP) is 3.75. The highest BCUT2D eigenvalue weighted by Gasteiger charge is 2.16. The van der Waals surface area contributed by atoms with Gasteiger partial charge in [0.05, 0.1) is 12.8 Å². The Morgan fingerprint density at radius 2 is 1.81 bits per heavy atom. The third-order valence-corrected chi connectivity index (χ3v) is 3.11. The summed E-state index contributed by atoms with van der Waals surface area (Å²) in [4.78, 5) is 12.1. The number of amides is 1. The molecule has 0 aliphatic carbocycles. The lowest BCUT2D eigenvalue weighted by Gasteiger charge is -2.16. The summed E-state index contributed by atoms with van der Waals surface area (Å²) >= 11 is 5.80. The summed E-state index contributed by atoms with van der Waals surface area (Å²) in [5, 5.41) is 3.40. The van der Waals surface area contributed by atoms with Crippen molar-refractivity contribution in [2.75, 3.05) is 12.4 Å². The smallest absolute Gasteiger partial charge is 0.265 e. The fourth-order valence-electron chi connectivity index (χ4n) is 1.75. The first-order valence-corrected chi connectivity index (χ1v) is 6.84. The lowest BCUT2D eigenvalue weighted by molar-refractivity contribution is -0.122. The zero-order valence-electron chi connectivity index (χ0n) is 11.8. The predicted molar refractivity (Wildman–Crippen MR) is 83.2 cm³/mol. The molecular formula is C16H16ClNO3. The molecule has 1 amide bonds. The van der Waals surface area contributed by atoms with E-state index in [1.54, 1.807) is 50.4 Å². The fraction of sp³-hybridized carbons (Fsp3) is 0.188. The highest BCUT2D eigenvalue weighted by Crippen LogP contribution is 2.23. The van der Waals surface area contributed by atoms with Crippen molar-refractivity contribution in [1.82, 2.24) is 0 Å². The number of carbonyl (C=O) groups is 1. The Bertz CT molecular complexity index is 613. The average Bonchev–Trinajstić information content (AvgIpc) is 2.50. The van der Waals surface area contributed by atoms with Gasteiger partial charge in [-0.2, -0.15) is 0 Å². The molecule has 1 atom stereocenters. The third-order valence-electron chi connectivity index (χ3n) is 2.86. The maximum absolute atomic E-state index is 12.1. The zero-order valence-corrected chi connectivity index (χ0v) is 12.6. The summed E-state index contributed by atoms with van der Waals surface area (Å²) in [7, 11) is 1.55. The lowest BCUT2D eigenvalue weighted by atomic mass is 10.2. The van der Waals surface area contributed by atoms with Crippen molar-refractivity contribution in [3.8, 4) is 11.5 Å². The van der Waals surface area contributed by atoms with Gasteiger partial charge < -0.3 is 14.8 Å². The van der Waals surface area contributed by atoms with E-state index >= 15 is 0 Å². The van der Waals surface area contributed by atoms with Crippen LogP contribution in [0, 0.1) is 0 Å². The van der Waals surface area contributed by atoms with Gasteiger partial charge in [-0.1, -0.05) is 23.7 Å². The van der Waals surface area contributed by atoms with E-state index in [0.717, 1.165) is 0 Å². The Labute approximate surface area is 128 Å².